The molecule has 5 nitrogen and oxygen atoms in total. The molecule has 0 fully saturated rings. The summed E-state index contributed by atoms with van der Waals surface area (Å²) >= 11 is 0. The largest absolute Gasteiger partial charge is 0.384 e. The van der Waals surface area contributed by atoms with Gasteiger partial charge in [-0.15, -0.1) is 0 Å². The summed E-state index contributed by atoms with van der Waals surface area (Å²) in [6, 6.07) is 8.90. The highest BCUT2D eigenvalue weighted by molar-refractivity contribution is 6.00. The monoisotopic (exact) mass is 338 g/mol. The number of nitrogens with zero attached hydrogens (tertiary/aromatic N) is 3. The number of rotatable bonds is 4. The summed E-state index contributed by atoms with van der Waals surface area (Å²) in [6.45, 7) is 3.02. The minimum Gasteiger partial charge on any atom is -0.384 e. The lowest BCUT2D eigenvalue weighted by Gasteiger charge is -2.30. The molecule has 1 aromatic carbocycles. The molecule has 1 amide bonds. The Kier molecular flexibility index (Phi) is 4.88. The maximum atomic E-state index is 13.1. The van der Waals surface area contributed by atoms with Crippen LogP contribution in [-0.4, -0.2) is 35.2 Å². The standard InChI is InChI=1S/C19H19FN4O/c1-2-22-19(21)10-17-16-5-3-4-14(13-6-7-18(20)23-11-13)15(16)8-9-24(17)12-25/h3-7,10-12H,2,8-9H2,1H3,(H2,21,22)/b17-10-. The molecule has 0 saturated heterocycles. The maximum Gasteiger partial charge on any atom is 0.214 e. The Morgan fingerprint density at radius 2 is 2.16 bits per heavy atom. The van der Waals surface area contributed by atoms with E-state index in [1.54, 1.807) is 17.0 Å². The number of amides is 1. The van der Waals surface area contributed by atoms with E-state index in [1.165, 1.54) is 12.3 Å². The van der Waals surface area contributed by atoms with Crippen molar-refractivity contribution in [2.45, 2.75) is 13.3 Å². The van der Waals surface area contributed by atoms with Crippen LogP contribution in [0.3, 0.4) is 0 Å². The lowest BCUT2D eigenvalue weighted by Crippen LogP contribution is -2.29. The average Bonchev–Trinajstić information content (AvgIpc) is 2.62. The Bertz CT molecular complexity index is 843. The highest BCUT2D eigenvalue weighted by Gasteiger charge is 2.23. The van der Waals surface area contributed by atoms with Gasteiger partial charge in [-0.25, -0.2) is 4.98 Å². The minimum atomic E-state index is -0.509. The van der Waals surface area contributed by atoms with Crippen LogP contribution in [0.5, 0.6) is 0 Å². The van der Waals surface area contributed by atoms with E-state index in [1.807, 2.05) is 25.1 Å². The number of carbonyl (C=O) groups excluding carboxylic acids is 1. The Hall–Kier alpha value is -3.02. The Morgan fingerprint density at radius 1 is 1.36 bits per heavy atom. The lowest BCUT2D eigenvalue weighted by atomic mass is 9.89. The highest BCUT2D eigenvalue weighted by Crippen LogP contribution is 2.34. The van der Waals surface area contributed by atoms with Gasteiger partial charge in [0.15, 0.2) is 0 Å². The summed E-state index contributed by atoms with van der Waals surface area (Å²) in [5.74, 6) is -0.129. The number of carbonyl (C=O) groups is 1. The molecule has 2 N–H and O–H groups in total. The van der Waals surface area contributed by atoms with Gasteiger partial charge in [-0.2, -0.15) is 4.39 Å². The summed E-state index contributed by atoms with van der Waals surface area (Å²) in [5.41, 5.74) is 10.5. The van der Waals surface area contributed by atoms with E-state index in [4.69, 9.17) is 5.73 Å². The first-order chi connectivity index (χ1) is 12.1. The van der Waals surface area contributed by atoms with Crippen LogP contribution < -0.4 is 5.73 Å². The van der Waals surface area contributed by atoms with Crippen molar-refractivity contribution in [3.63, 3.8) is 0 Å². The molecular formula is C19H19FN4O. The maximum absolute atomic E-state index is 13.1. The van der Waals surface area contributed by atoms with Crippen LogP contribution in [0.15, 0.2) is 47.6 Å². The van der Waals surface area contributed by atoms with E-state index in [9.17, 15) is 9.18 Å². The first kappa shape index (κ1) is 16.8. The third kappa shape index (κ3) is 3.42. The van der Waals surface area contributed by atoms with Crippen molar-refractivity contribution in [1.82, 2.24) is 9.88 Å². The zero-order chi connectivity index (χ0) is 17.8. The number of amidine groups is 1. The highest BCUT2D eigenvalue weighted by atomic mass is 19.1. The van der Waals surface area contributed by atoms with Gasteiger partial charge in [0.1, 0.15) is 5.84 Å². The van der Waals surface area contributed by atoms with E-state index in [-0.39, 0.29) is 0 Å². The predicted molar refractivity (Wildman–Crippen MR) is 96.2 cm³/mol. The van der Waals surface area contributed by atoms with Crippen LogP contribution in [0, 0.1) is 5.95 Å². The van der Waals surface area contributed by atoms with Gasteiger partial charge in [-0.1, -0.05) is 18.2 Å². The van der Waals surface area contributed by atoms with E-state index in [0.29, 0.717) is 25.3 Å². The van der Waals surface area contributed by atoms with Gasteiger partial charge in [0, 0.05) is 36.5 Å². The van der Waals surface area contributed by atoms with Gasteiger partial charge >= 0.3 is 0 Å². The molecule has 0 radical (unpaired) electrons. The molecule has 0 spiro atoms. The molecule has 0 unspecified atom stereocenters. The average molecular weight is 338 g/mol. The first-order valence-corrected chi connectivity index (χ1v) is 8.11. The summed E-state index contributed by atoms with van der Waals surface area (Å²) in [5, 5.41) is 0. The molecule has 0 saturated carbocycles. The number of benzene rings is 1. The fourth-order valence-corrected chi connectivity index (χ4v) is 3.05. The third-order valence-electron chi connectivity index (χ3n) is 4.16. The lowest BCUT2D eigenvalue weighted by molar-refractivity contribution is -0.115. The van der Waals surface area contributed by atoms with Gasteiger partial charge in [0.25, 0.3) is 0 Å². The molecule has 0 bridgehead atoms. The molecule has 128 valence electrons. The zero-order valence-corrected chi connectivity index (χ0v) is 13.9. The number of hydrogen-bond donors (Lipinski definition) is 1. The van der Waals surface area contributed by atoms with Crippen LogP contribution in [0.4, 0.5) is 4.39 Å². The van der Waals surface area contributed by atoms with Crippen LogP contribution in [0.1, 0.15) is 18.1 Å². The number of halogens is 1. The third-order valence-corrected chi connectivity index (χ3v) is 4.16. The van der Waals surface area contributed by atoms with Gasteiger partial charge in [-0.3, -0.25) is 9.79 Å². The number of nitrogens with two attached hydrogens (primary N) is 1. The van der Waals surface area contributed by atoms with Gasteiger partial charge < -0.3 is 10.6 Å². The Labute approximate surface area is 145 Å². The minimum absolute atomic E-state index is 0.381. The molecule has 1 aromatic heterocycles. The molecule has 0 atom stereocenters. The fraction of sp³-hybridized carbons (Fsp3) is 0.211. The summed E-state index contributed by atoms with van der Waals surface area (Å²) in [4.78, 5) is 21.0. The smallest absolute Gasteiger partial charge is 0.214 e. The van der Waals surface area contributed by atoms with Crippen molar-refractivity contribution in [2.24, 2.45) is 10.7 Å². The second-order valence-corrected chi connectivity index (χ2v) is 5.68. The molecule has 2 heterocycles. The van der Waals surface area contributed by atoms with E-state index >= 15 is 0 Å². The first-order valence-electron chi connectivity index (χ1n) is 8.11. The number of aliphatic imine (C=N–C) groups is 1. The van der Waals surface area contributed by atoms with E-state index in [0.717, 1.165) is 34.4 Å². The molecule has 0 aliphatic carbocycles. The van der Waals surface area contributed by atoms with Crippen molar-refractivity contribution in [1.29, 1.82) is 0 Å². The quantitative estimate of drug-likeness (QED) is 0.403. The van der Waals surface area contributed by atoms with Crippen LogP contribution >= 0.6 is 0 Å². The zero-order valence-electron chi connectivity index (χ0n) is 13.9. The normalized spacial score (nSPS) is 16.0. The number of fused-ring (bicyclic) bond motifs is 1. The fourth-order valence-electron chi connectivity index (χ4n) is 3.05. The second kappa shape index (κ2) is 7.25. The van der Waals surface area contributed by atoms with Gasteiger partial charge in [0.05, 0.1) is 5.70 Å². The molecule has 3 rings (SSSR count). The van der Waals surface area contributed by atoms with E-state index < -0.39 is 5.95 Å². The molecule has 1 aliphatic heterocycles. The van der Waals surface area contributed by atoms with Crippen molar-refractivity contribution >= 4 is 17.9 Å². The number of pyridine rings is 1. The van der Waals surface area contributed by atoms with Crippen molar-refractivity contribution < 1.29 is 9.18 Å². The van der Waals surface area contributed by atoms with Crippen molar-refractivity contribution in [2.75, 3.05) is 13.1 Å². The van der Waals surface area contributed by atoms with Gasteiger partial charge in [-0.05, 0) is 36.6 Å². The molecule has 6 heteroatoms. The number of aromatic nitrogens is 1. The van der Waals surface area contributed by atoms with Crippen LogP contribution in [0.2, 0.25) is 0 Å². The molecule has 2 aromatic rings. The molecule has 25 heavy (non-hydrogen) atoms. The van der Waals surface area contributed by atoms with Crippen molar-refractivity contribution in [3.8, 4) is 11.1 Å². The Morgan fingerprint density at radius 3 is 2.84 bits per heavy atom. The number of hydrogen-bond acceptors (Lipinski definition) is 3. The predicted octanol–water partition coefficient (Wildman–Crippen LogP) is 2.62. The van der Waals surface area contributed by atoms with Gasteiger partial charge in [0.2, 0.25) is 12.4 Å². The van der Waals surface area contributed by atoms with Crippen LogP contribution in [0.25, 0.3) is 16.8 Å². The topological polar surface area (TPSA) is 71.6 Å². The van der Waals surface area contributed by atoms with Crippen molar-refractivity contribution in [3.05, 3.63) is 59.7 Å². The van der Waals surface area contributed by atoms with Crippen LogP contribution in [-0.2, 0) is 11.2 Å². The molecular weight excluding hydrogens is 319 g/mol. The summed E-state index contributed by atoms with van der Waals surface area (Å²) < 4.78 is 13.1. The Balaban J connectivity index is 2.14. The summed E-state index contributed by atoms with van der Waals surface area (Å²) in [7, 11) is 0. The SMILES string of the molecule is CC/N=C(N)\C=C1\c2cccc(-c3ccc(F)nc3)c2CCN1C=O. The summed E-state index contributed by atoms with van der Waals surface area (Å²) in [6.07, 6.45) is 4.75. The molecule has 1 aliphatic rings. The second-order valence-electron chi connectivity index (χ2n) is 5.68. The van der Waals surface area contributed by atoms with E-state index in [2.05, 4.69) is 9.98 Å².